The minimum atomic E-state index is -0.585. The molecule has 1 aromatic carbocycles. The molecule has 1 aromatic heterocycles. The highest BCUT2D eigenvalue weighted by Gasteiger charge is 2.16. The van der Waals surface area contributed by atoms with Crippen LogP contribution in [0.5, 0.6) is 0 Å². The Hall–Kier alpha value is -3.60. The fourth-order valence-electron chi connectivity index (χ4n) is 2.15. The molecule has 0 aliphatic heterocycles. The third kappa shape index (κ3) is 4.45. The van der Waals surface area contributed by atoms with Crippen LogP contribution in [0.15, 0.2) is 46.6 Å². The average molecular weight is 340 g/mol. The summed E-state index contributed by atoms with van der Waals surface area (Å²) in [4.78, 5) is 24.4. The average Bonchev–Trinajstić information content (AvgIpc) is 3.10. The second-order valence-electron chi connectivity index (χ2n) is 5.33. The number of rotatable bonds is 6. The van der Waals surface area contributed by atoms with Crippen molar-refractivity contribution in [1.29, 1.82) is 5.26 Å². The molecular formula is C17H16N4O4. The molecule has 2 rings (SSSR count). The van der Waals surface area contributed by atoms with Crippen LogP contribution in [0.1, 0.15) is 11.3 Å². The fourth-order valence-corrected chi connectivity index (χ4v) is 2.15. The van der Waals surface area contributed by atoms with E-state index in [4.69, 9.17) is 4.42 Å². The van der Waals surface area contributed by atoms with Gasteiger partial charge in [0.2, 0.25) is 0 Å². The van der Waals surface area contributed by atoms with Gasteiger partial charge in [-0.05, 0) is 29.8 Å². The summed E-state index contributed by atoms with van der Waals surface area (Å²) in [5.74, 6) is -0.0325. The molecule has 8 heteroatoms. The maximum atomic E-state index is 12.1. The summed E-state index contributed by atoms with van der Waals surface area (Å²) in [5.41, 5.74) is 0.565. The summed E-state index contributed by atoms with van der Waals surface area (Å²) in [6.07, 6.45) is 2.79. The van der Waals surface area contributed by atoms with Crippen LogP contribution in [0, 0.1) is 21.4 Å². The number of anilines is 1. The summed E-state index contributed by atoms with van der Waals surface area (Å²) in [6, 6.07) is 9.69. The summed E-state index contributed by atoms with van der Waals surface area (Å²) in [6.45, 7) is 0.143. The van der Waals surface area contributed by atoms with Crippen LogP contribution < -0.4 is 10.2 Å². The molecule has 1 N–H and O–H groups in total. The van der Waals surface area contributed by atoms with E-state index in [2.05, 4.69) is 5.32 Å². The quantitative estimate of drug-likeness (QED) is 0.374. The van der Waals surface area contributed by atoms with Crippen LogP contribution >= 0.6 is 0 Å². The van der Waals surface area contributed by atoms with Crippen LogP contribution in [0.25, 0.3) is 6.08 Å². The topological polar surface area (TPSA) is 112 Å². The van der Waals surface area contributed by atoms with Crippen molar-refractivity contribution in [2.45, 2.75) is 6.54 Å². The second-order valence-corrected chi connectivity index (χ2v) is 5.33. The molecule has 128 valence electrons. The van der Waals surface area contributed by atoms with Gasteiger partial charge in [0.05, 0.1) is 17.7 Å². The minimum Gasteiger partial charge on any atom is -0.467 e. The summed E-state index contributed by atoms with van der Waals surface area (Å²) in [7, 11) is 3.39. The van der Waals surface area contributed by atoms with Crippen molar-refractivity contribution in [3.05, 3.63) is 63.6 Å². The Morgan fingerprint density at radius 3 is 2.76 bits per heavy atom. The third-order valence-electron chi connectivity index (χ3n) is 3.36. The Morgan fingerprint density at radius 1 is 1.44 bits per heavy atom. The molecular weight excluding hydrogens is 324 g/mol. The van der Waals surface area contributed by atoms with Crippen LogP contribution in [0.3, 0.4) is 0 Å². The first-order valence-corrected chi connectivity index (χ1v) is 7.30. The molecule has 0 aliphatic rings. The zero-order chi connectivity index (χ0) is 18.4. The normalized spacial score (nSPS) is 10.8. The zero-order valence-corrected chi connectivity index (χ0v) is 13.7. The molecule has 0 fully saturated rings. The Kier molecular flexibility index (Phi) is 5.53. The summed E-state index contributed by atoms with van der Waals surface area (Å²) >= 11 is 0. The number of amides is 1. The highest BCUT2D eigenvalue weighted by molar-refractivity contribution is 6.01. The van der Waals surface area contributed by atoms with Gasteiger partial charge in [-0.3, -0.25) is 14.9 Å². The van der Waals surface area contributed by atoms with E-state index in [9.17, 15) is 20.2 Å². The number of hydrogen-bond acceptors (Lipinski definition) is 6. The van der Waals surface area contributed by atoms with Crippen molar-refractivity contribution in [2.24, 2.45) is 0 Å². The Balaban J connectivity index is 2.23. The lowest BCUT2D eigenvalue weighted by atomic mass is 10.1. The fraction of sp³-hybridized carbons (Fsp3) is 0.176. The van der Waals surface area contributed by atoms with Crippen LogP contribution in [0.2, 0.25) is 0 Å². The van der Waals surface area contributed by atoms with E-state index in [0.29, 0.717) is 17.0 Å². The molecule has 2 aromatic rings. The van der Waals surface area contributed by atoms with Gasteiger partial charge < -0.3 is 14.6 Å². The van der Waals surface area contributed by atoms with Gasteiger partial charge >= 0.3 is 0 Å². The van der Waals surface area contributed by atoms with Crippen LogP contribution in [-0.2, 0) is 11.3 Å². The van der Waals surface area contributed by atoms with E-state index in [0.717, 1.165) is 0 Å². The number of nitrogens with one attached hydrogen (secondary N) is 1. The maximum absolute atomic E-state index is 12.1. The molecule has 0 spiro atoms. The standard InChI is InChI=1S/C17H16N4O4/c1-20(2)15-6-5-12(9-16(15)21(23)24)8-13(10-18)17(22)19-11-14-4-3-7-25-14/h3-9H,11H2,1-2H3,(H,19,22)/b13-8+. The number of furan rings is 1. The van der Waals surface area contributed by atoms with Crippen LogP contribution in [-0.4, -0.2) is 24.9 Å². The van der Waals surface area contributed by atoms with E-state index < -0.39 is 10.8 Å². The number of carbonyl (C=O) groups is 1. The lowest BCUT2D eigenvalue weighted by Gasteiger charge is -2.12. The number of nitrogens with zero attached hydrogens (tertiary/aromatic N) is 3. The largest absolute Gasteiger partial charge is 0.467 e. The molecule has 1 amide bonds. The van der Waals surface area contributed by atoms with Crippen molar-refractivity contribution < 1.29 is 14.1 Å². The lowest BCUT2D eigenvalue weighted by Crippen LogP contribution is -2.23. The van der Waals surface area contributed by atoms with Crippen LogP contribution in [0.4, 0.5) is 11.4 Å². The molecule has 0 aliphatic carbocycles. The van der Waals surface area contributed by atoms with Gasteiger partial charge in [0.1, 0.15) is 23.1 Å². The number of benzene rings is 1. The molecule has 0 unspecified atom stereocenters. The van der Waals surface area contributed by atoms with Crippen molar-refractivity contribution in [3.63, 3.8) is 0 Å². The van der Waals surface area contributed by atoms with Crippen molar-refractivity contribution in [2.75, 3.05) is 19.0 Å². The highest BCUT2D eigenvalue weighted by Crippen LogP contribution is 2.28. The lowest BCUT2D eigenvalue weighted by molar-refractivity contribution is -0.384. The predicted molar refractivity (Wildman–Crippen MR) is 91.6 cm³/mol. The van der Waals surface area contributed by atoms with Gasteiger partial charge in [-0.25, -0.2) is 0 Å². The van der Waals surface area contributed by atoms with Crippen molar-refractivity contribution in [1.82, 2.24) is 5.32 Å². The SMILES string of the molecule is CN(C)c1ccc(/C=C(\C#N)C(=O)NCc2ccco2)cc1[N+](=O)[O-]. The first-order valence-electron chi connectivity index (χ1n) is 7.30. The first-order chi connectivity index (χ1) is 11.9. The number of carbonyl (C=O) groups excluding carboxylic acids is 1. The molecule has 0 saturated carbocycles. The van der Waals surface area contributed by atoms with Crippen molar-refractivity contribution in [3.8, 4) is 6.07 Å². The Bertz CT molecular complexity index is 848. The molecule has 0 atom stereocenters. The Labute approximate surface area is 144 Å². The second kappa shape index (κ2) is 7.79. The minimum absolute atomic E-state index is 0.105. The molecule has 25 heavy (non-hydrogen) atoms. The van der Waals surface area contributed by atoms with Gasteiger partial charge in [-0.2, -0.15) is 5.26 Å². The van der Waals surface area contributed by atoms with E-state index >= 15 is 0 Å². The summed E-state index contributed by atoms with van der Waals surface area (Å²) < 4.78 is 5.10. The molecule has 8 nitrogen and oxygen atoms in total. The number of nitro benzene ring substituents is 1. The predicted octanol–water partition coefficient (Wildman–Crippen LogP) is 2.48. The zero-order valence-electron chi connectivity index (χ0n) is 13.7. The number of nitro groups is 1. The smallest absolute Gasteiger partial charge is 0.293 e. The van der Waals surface area contributed by atoms with Gasteiger partial charge in [0.15, 0.2) is 0 Å². The van der Waals surface area contributed by atoms with E-state index in [-0.39, 0.29) is 17.8 Å². The third-order valence-corrected chi connectivity index (χ3v) is 3.36. The monoisotopic (exact) mass is 340 g/mol. The molecule has 0 saturated heterocycles. The molecule has 0 bridgehead atoms. The van der Waals surface area contributed by atoms with E-state index in [1.807, 2.05) is 0 Å². The van der Waals surface area contributed by atoms with Gasteiger partial charge in [0.25, 0.3) is 11.6 Å². The summed E-state index contributed by atoms with van der Waals surface area (Å²) in [5, 5.41) is 23.0. The first kappa shape index (κ1) is 17.7. The molecule has 1 heterocycles. The van der Waals surface area contributed by atoms with E-state index in [1.165, 1.54) is 18.4 Å². The number of nitriles is 1. The maximum Gasteiger partial charge on any atom is 0.293 e. The molecule has 0 radical (unpaired) electrons. The van der Waals surface area contributed by atoms with Gasteiger partial charge in [-0.1, -0.05) is 6.07 Å². The Morgan fingerprint density at radius 2 is 2.20 bits per heavy atom. The number of hydrogen-bond donors (Lipinski definition) is 1. The van der Waals surface area contributed by atoms with Crippen molar-refractivity contribution >= 4 is 23.4 Å². The van der Waals surface area contributed by atoms with Gasteiger partial charge in [-0.15, -0.1) is 0 Å². The van der Waals surface area contributed by atoms with Gasteiger partial charge in [0, 0.05) is 20.2 Å². The van der Waals surface area contributed by atoms with E-state index in [1.54, 1.807) is 49.3 Å². The highest BCUT2D eigenvalue weighted by atomic mass is 16.6.